The predicted octanol–water partition coefficient (Wildman–Crippen LogP) is 1.86. The van der Waals surface area contributed by atoms with Gasteiger partial charge in [-0.3, -0.25) is 4.79 Å². The number of rotatable bonds is 6. The first-order valence-corrected chi connectivity index (χ1v) is 6.26. The van der Waals surface area contributed by atoms with E-state index in [4.69, 9.17) is 9.84 Å². The number of aryl methyl sites for hydroxylation is 1. The summed E-state index contributed by atoms with van der Waals surface area (Å²) in [6.07, 6.45) is 2.45. The molecule has 1 amide bonds. The number of hydrogen-bond donors (Lipinski definition) is 2. The Balaban J connectivity index is 2.84. The van der Waals surface area contributed by atoms with E-state index in [2.05, 4.69) is 5.32 Å². The van der Waals surface area contributed by atoms with Crippen molar-refractivity contribution in [2.45, 2.75) is 20.0 Å². The van der Waals surface area contributed by atoms with Gasteiger partial charge in [0.25, 0.3) is 5.91 Å². The molecule has 2 N–H and O–H groups in total. The molecule has 0 heterocycles. The Labute approximate surface area is 118 Å². The number of carboxylic acid groups (broad SMARTS) is 1. The van der Waals surface area contributed by atoms with Crippen molar-refractivity contribution in [2.24, 2.45) is 0 Å². The predicted molar refractivity (Wildman–Crippen MR) is 76.7 cm³/mol. The molecule has 0 aliphatic rings. The van der Waals surface area contributed by atoms with Crippen molar-refractivity contribution in [3.63, 3.8) is 0 Å². The van der Waals surface area contributed by atoms with Gasteiger partial charge in [0, 0.05) is 25.3 Å². The molecule has 0 bridgehead atoms. The quantitative estimate of drug-likeness (QED) is 0.778. The standard InChI is InChI=1S/C15H19NO4/c1-10-6-12(4-5-14(17)18)8-13(7-10)15(19)16-9-11(2)20-3/h4-8,11H,9H2,1-3H3,(H,16,19)(H,17,18)/b5-4+. The second-order valence-electron chi connectivity index (χ2n) is 4.56. The number of carbonyl (C=O) groups is 2. The van der Waals surface area contributed by atoms with Gasteiger partial charge >= 0.3 is 5.97 Å². The van der Waals surface area contributed by atoms with Crippen LogP contribution in [0.4, 0.5) is 0 Å². The number of methoxy groups -OCH3 is 1. The lowest BCUT2D eigenvalue weighted by atomic mass is 10.1. The van der Waals surface area contributed by atoms with Crippen molar-refractivity contribution in [2.75, 3.05) is 13.7 Å². The van der Waals surface area contributed by atoms with Crippen molar-refractivity contribution in [1.29, 1.82) is 0 Å². The maximum absolute atomic E-state index is 12.0. The number of nitrogens with one attached hydrogen (secondary N) is 1. The molecule has 1 unspecified atom stereocenters. The number of carboxylic acids is 1. The average Bonchev–Trinajstić information content (AvgIpc) is 2.41. The highest BCUT2D eigenvalue weighted by Gasteiger charge is 2.08. The summed E-state index contributed by atoms with van der Waals surface area (Å²) in [4.78, 5) is 22.5. The lowest BCUT2D eigenvalue weighted by molar-refractivity contribution is -0.131. The van der Waals surface area contributed by atoms with E-state index in [1.54, 1.807) is 19.2 Å². The summed E-state index contributed by atoms with van der Waals surface area (Å²) in [5.74, 6) is -1.23. The molecular weight excluding hydrogens is 258 g/mol. The Morgan fingerprint density at radius 2 is 2.10 bits per heavy atom. The summed E-state index contributed by atoms with van der Waals surface area (Å²) >= 11 is 0. The molecule has 0 radical (unpaired) electrons. The molecule has 5 nitrogen and oxygen atoms in total. The normalized spacial score (nSPS) is 12.3. The van der Waals surface area contributed by atoms with Gasteiger partial charge in [-0.2, -0.15) is 0 Å². The van der Waals surface area contributed by atoms with Gasteiger partial charge in [-0.1, -0.05) is 6.07 Å². The van der Waals surface area contributed by atoms with Crippen LogP contribution in [0.25, 0.3) is 6.08 Å². The fourth-order valence-corrected chi connectivity index (χ4v) is 1.63. The van der Waals surface area contributed by atoms with Crippen molar-refractivity contribution in [3.8, 4) is 0 Å². The molecule has 108 valence electrons. The summed E-state index contributed by atoms with van der Waals surface area (Å²) in [6, 6.07) is 5.22. The molecule has 0 saturated heterocycles. The second-order valence-corrected chi connectivity index (χ2v) is 4.56. The minimum atomic E-state index is -1.02. The molecule has 1 aromatic rings. The van der Waals surface area contributed by atoms with Crippen LogP contribution in [0.15, 0.2) is 24.3 Å². The van der Waals surface area contributed by atoms with Crippen LogP contribution >= 0.6 is 0 Å². The number of hydrogen-bond acceptors (Lipinski definition) is 3. The summed E-state index contributed by atoms with van der Waals surface area (Å²) in [7, 11) is 1.58. The Kier molecular flexibility index (Phi) is 5.93. The largest absolute Gasteiger partial charge is 0.478 e. The maximum atomic E-state index is 12.0. The molecule has 1 atom stereocenters. The number of carbonyl (C=O) groups excluding carboxylic acids is 1. The van der Waals surface area contributed by atoms with Crippen LogP contribution < -0.4 is 5.32 Å². The monoisotopic (exact) mass is 277 g/mol. The molecule has 1 rings (SSSR count). The summed E-state index contributed by atoms with van der Waals surface area (Å²) in [5.41, 5.74) is 2.07. The third kappa shape index (κ3) is 5.24. The molecular formula is C15H19NO4. The SMILES string of the molecule is COC(C)CNC(=O)c1cc(C)cc(/C=C/C(=O)O)c1. The smallest absolute Gasteiger partial charge is 0.328 e. The van der Waals surface area contributed by atoms with Gasteiger partial charge in [-0.25, -0.2) is 4.79 Å². The van der Waals surface area contributed by atoms with Crippen LogP contribution in [0.1, 0.15) is 28.4 Å². The van der Waals surface area contributed by atoms with Crippen molar-refractivity contribution >= 4 is 18.0 Å². The highest BCUT2D eigenvalue weighted by Crippen LogP contribution is 2.11. The topological polar surface area (TPSA) is 75.6 Å². The Morgan fingerprint density at radius 1 is 1.40 bits per heavy atom. The molecule has 20 heavy (non-hydrogen) atoms. The molecule has 0 fully saturated rings. The first kappa shape index (κ1) is 15.9. The summed E-state index contributed by atoms with van der Waals surface area (Å²) in [6.45, 7) is 4.13. The fraction of sp³-hybridized carbons (Fsp3) is 0.333. The van der Waals surface area contributed by atoms with Gasteiger partial charge in [-0.05, 0) is 43.2 Å². The van der Waals surface area contributed by atoms with Crippen molar-refractivity contribution < 1.29 is 19.4 Å². The molecule has 0 aliphatic carbocycles. The van der Waals surface area contributed by atoms with Gasteiger partial charge in [0.05, 0.1) is 6.10 Å². The van der Waals surface area contributed by atoms with E-state index in [0.29, 0.717) is 17.7 Å². The van der Waals surface area contributed by atoms with Gasteiger partial charge in [0.2, 0.25) is 0 Å². The van der Waals surface area contributed by atoms with E-state index in [0.717, 1.165) is 11.6 Å². The van der Waals surface area contributed by atoms with E-state index >= 15 is 0 Å². The summed E-state index contributed by atoms with van der Waals surface area (Å²) < 4.78 is 5.06. The van der Waals surface area contributed by atoms with Crippen LogP contribution in [0.5, 0.6) is 0 Å². The Hall–Kier alpha value is -2.14. The molecule has 0 spiro atoms. The zero-order valence-corrected chi connectivity index (χ0v) is 11.8. The first-order chi connectivity index (χ1) is 9.42. The number of aliphatic carboxylic acids is 1. The van der Waals surface area contributed by atoms with E-state index in [9.17, 15) is 9.59 Å². The van der Waals surface area contributed by atoms with E-state index in [1.807, 2.05) is 19.9 Å². The maximum Gasteiger partial charge on any atom is 0.328 e. The average molecular weight is 277 g/mol. The van der Waals surface area contributed by atoms with Gasteiger partial charge in [0.1, 0.15) is 0 Å². The minimum absolute atomic E-state index is 0.0601. The van der Waals surface area contributed by atoms with Gasteiger partial charge in [-0.15, -0.1) is 0 Å². The Bertz CT molecular complexity index is 523. The van der Waals surface area contributed by atoms with Crippen LogP contribution in [0.3, 0.4) is 0 Å². The highest BCUT2D eigenvalue weighted by molar-refractivity contribution is 5.95. The molecule has 1 aromatic carbocycles. The summed E-state index contributed by atoms with van der Waals surface area (Å²) in [5, 5.41) is 11.4. The van der Waals surface area contributed by atoms with Crippen LogP contribution in [-0.2, 0) is 9.53 Å². The van der Waals surface area contributed by atoms with Crippen LogP contribution in [0, 0.1) is 6.92 Å². The fourth-order valence-electron chi connectivity index (χ4n) is 1.63. The Morgan fingerprint density at radius 3 is 2.70 bits per heavy atom. The second kappa shape index (κ2) is 7.45. The van der Waals surface area contributed by atoms with Crippen molar-refractivity contribution in [1.82, 2.24) is 5.32 Å². The zero-order valence-electron chi connectivity index (χ0n) is 11.8. The lowest BCUT2D eigenvalue weighted by Crippen LogP contribution is -2.31. The van der Waals surface area contributed by atoms with Crippen molar-refractivity contribution in [3.05, 3.63) is 41.0 Å². The van der Waals surface area contributed by atoms with Crippen LogP contribution in [-0.4, -0.2) is 36.7 Å². The first-order valence-electron chi connectivity index (χ1n) is 6.26. The third-order valence-electron chi connectivity index (χ3n) is 2.73. The molecule has 0 aromatic heterocycles. The minimum Gasteiger partial charge on any atom is -0.478 e. The van der Waals surface area contributed by atoms with Crippen LogP contribution in [0.2, 0.25) is 0 Å². The number of benzene rings is 1. The van der Waals surface area contributed by atoms with Gasteiger partial charge < -0.3 is 15.2 Å². The van der Waals surface area contributed by atoms with E-state index in [-0.39, 0.29) is 12.0 Å². The molecule has 5 heteroatoms. The van der Waals surface area contributed by atoms with Gasteiger partial charge in [0.15, 0.2) is 0 Å². The lowest BCUT2D eigenvalue weighted by Gasteiger charge is -2.11. The number of amides is 1. The highest BCUT2D eigenvalue weighted by atomic mass is 16.5. The number of ether oxygens (including phenoxy) is 1. The molecule has 0 aliphatic heterocycles. The van der Waals surface area contributed by atoms with E-state index in [1.165, 1.54) is 6.08 Å². The van der Waals surface area contributed by atoms with E-state index < -0.39 is 5.97 Å². The molecule has 0 saturated carbocycles. The zero-order chi connectivity index (χ0) is 15.1. The third-order valence-corrected chi connectivity index (χ3v) is 2.73.